The Labute approximate surface area is 201 Å². The van der Waals surface area contributed by atoms with E-state index in [0.717, 1.165) is 37.1 Å². The first-order valence-electron chi connectivity index (χ1n) is 11.8. The average Bonchev–Trinajstić information content (AvgIpc) is 3.13. The lowest BCUT2D eigenvalue weighted by Crippen LogP contribution is -2.49. The summed E-state index contributed by atoms with van der Waals surface area (Å²) >= 11 is 6.20. The van der Waals surface area contributed by atoms with Gasteiger partial charge in [-0.2, -0.15) is 5.10 Å². The molecule has 5 nitrogen and oxygen atoms in total. The molecule has 0 unspecified atom stereocenters. The van der Waals surface area contributed by atoms with Crippen LogP contribution in [0.5, 0.6) is 0 Å². The average molecular weight is 465 g/mol. The van der Waals surface area contributed by atoms with Crippen LogP contribution in [0.3, 0.4) is 0 Å². The van der Waals surface area contributed by atoms with Crippen LogP contribution in [0, 0.1) is 0 Å². The van der Waals surface area contributed by atoms with Crippen molar-refractivity contribution in [3.63, 3.8) is 0 Å². The SMILES string of the molecule is CCC(CC)(NC(=O)c1cnn2c1N[C@H](c1ccccc1)CC2(C)C)C1=CC=C(Cl)C=CC1. The van der Waals surface area contributed by atoms with Crippen LogP contribution in [0.4, 0.5) is 5.82 Å². The molecule has 6 heteroatoms. The fraction of sp³-hybridized carbons (Fsp3) is 0.407. The molecule has 1 aromatic carbocycles. The summed E-state index contributed by atoms with van der Waals surface area (Å²) in [7, 11) is 0. The van der Waals surface area contributed by atoms with Gasteiger partial charge in [0.25, 0.3) is 5.91 Å². The molecule has 1 aromatic heterocycles. The maximum Gasteiger partial charge on any atom is 0.257 e. The molecular formula is C27H33ClN4O. The second kappa shape index (κ2) is 9.22. The van der Waals surface area contributed by atoms with Crippen molar-refractivity contribution in [2.45, 2.75) is 70.5 Å². The van der Waals surface area contributed by atoms with Gasteiger partial charge >= 0.3 is 0 Å². The molecule has 2 aliphatic rings. The molecule has 2 aromatic rings. The molecule has 0 spiro atoms. The van der Waals surface area contributed by atoms with Gasteiger partial charge in [-0.15, -0.1) is 0 Å². The van der Waals surface area contributed by atoms with E-state index >= 15 is 0 Å². The summed E-state index contributed by atoms with van der Waals surface area (Å²) < 4.78 is 1.96. The van der Waals surface area contributed by atoms with Crippen LogP contribution in [0.25, 0.3) is 0 Å². The Bertz CT molecular complexity index is 1110. The molecule has 2 heterocycles. The summed E-state index contributed by atoms with van der Waals surface area (Å²) in [6.45, 7) is 8.57. The highest BCUT2D eigenvalue weighted by atomic mass is 35.5. The number of nitrogens with zero attached hydrogens (tertiary/aromatic N) is 2. The zero-order valence-corrected chi connectivity index (χ0v) is 20.6. The van der Waals surface area contributed by atoms with Crippen molar-refractivity contribution < 1.29 is 4.79 Å². The maximum absolute atomic E-state index is 13.7. The number of aromatic nitrogens is 2. The zero-order valence-electron chi connectivity index (χ0n) is 19.9. The number of benzene rings is 1. The van der Waals surface area contributed by atoms with E-state index in [2.05, 4.69) is 79.8 Å². The van der Waals surface area contributed by atoms with Crippen molar-refractivity contribution in [3.8, 4) is 0 Å². The Kier molecular flexibility index (Phi) is 6.53. The minimum absolute atomic E-state index is 0.110. The second-order valence-corrected chi connectivity index (χ2v) is 9.97. The number of allylic oxidation sites excluding steroid dienone is 5. The van der Waals surface area contributed by atoms with E-state index in [1.165, 1.54) is 5.56 Å². The summed E-state index contributed by atoms with van der Waals surface area (Å²) in [5.74, 6) is 0.664. The summed E-state index contributed by atoms with van der Waals surface area (Å²) in [5.41, 5.74) is 2.28. The second-order valence-electron chi connectivity index (χ2n) is 9.54. The third-order valence-corrected chi connectivity index (χ3v) is 7.29. The number of carbonyl (C=O) groups is 1. The molecule has 0 saturated carbocycles. The molecule has 1 aliphatic heterocycles. The predicted molar refractivity (Wildman–Crippen MR) is 136 cm³/mol. The van der Waals surface area contributed by atoms with Crippen molar-refractivity contribution in [2.75, 3.05) is 5.32 Å². The lowest BCUT2D eigenvalue weighted by atomic mass is 9.82. The molecule has 0 fully saturated rings. The van der Waals surface area contributed by atoms with Gasteiger partial charge in [-0.25, -0.2) is 4.68 Å². The summed E-state index contributed by atoms with van der Waals surface area (Å²) in [6.07, 6.45) is 12.8. The van der Waals surface area contributed by atoms with Crippen molar-refractivity contribution in [1.29, 1.82) is 0 Å². The van der Waals surface area contributed by atoms with Gasteiger partial charge in [0.05, 0.1) is 23.3 Å². The topological polar surface area (TPSA) is 59.0 Å². The number of rotatable bonds is 6. The van der Waals surface area contributed by atoms with Crippen molar-refractivity contribution in [3.05, 3.63) is 82.6 Å². The lowest BCUT2D eigenvalue weighted by molar-refractivity contribution is 0.0907. The predicted octanol–water partition coefficient (Wildman–Crippen LogP) is 6.47. The third-order valence-electron chi connectivity index (χ3n) is 7.04. The van der Waals surface area contributed by atoms with Gasteiger partial charge in [-0.05, 0) is 62.8 Å². The van der Waals surface area contributed by atoms with E-state index < -0.39 is 5.54 Å². The number of anilines is 1. The molecule has 33 heavy (non-hydrogen) atoms. The first-order chi connectivity index (χ1) is 15.8. The fourth-order valence-corrected chi connectivity index (χ4v) is 5.16. The highest BCUT2D eigenvalue weighted by molar-refractivity contribution is 6.31. The molecular weight excluding hydrogens is 432 g/mol. The molecule has 1 atom stereocenters. The van der Waals surface area contributed by atoms with Crippen LogP contribution in [0.2, 0.25) is 0 Å². The minimum Gasteiger partial charge on any atom is -0.363 e. The summed E-state index contributed by atoms with van der Waals surface area (Å²) in [6, 6.07) is 10.5. The van der Waals surface area contributed by atoms with Crippen LogP contribution < -0.4 is 10.6 Å². The lowest BCUT2D eigenvalue weighted by Gasteiger charge is -2.39. The van der Waals surface area contributed by atoms with E-state index in [9.17, 15) is 4.79 Å². The molecule has 4 rings (SSSR count). The highest BCUT2D eigenvalue weighted by Gasteiger charge is 2.38. The van der Waals surface area contributed by atoms with Gasteiger partial charge in [0, 0.05) is 5.03 Å². The zero-order chi connectivity index (χ0) is 23.6. The largest absolute Gasteiger partial charge is 0.363 e. The first kappa shape index (κ1) is 23.4. The number of halogens is 1. The summed E-state index contributed by atoms with van der Waals surface area (Å²) in [4.78, 5) is 13.7. The molecule has 174 valence electrons. The molecule has 0 radical (unpaired) electrons. The Morgan fingerprint density at radius 3 is 2.67 bits per heavy atom. The quantitative estimate of drug-likeness (QED) is 0.514. The number of carbonyl (C=O) groups excluding carboxylic acids is 1. The van der Waals surface area contributed by atoms with Crippen LogP contribution >= 0.6 is 11.6 Å². The standard InChI is InChI=1S/C27H33ClN4O/c1-5-27(6-2,20-13-10-14-21(28)16-15-20)31-25(33)22-18-29-32-24(22)30-23(17-26(32,3)4)19-11-8-7-9-12-19/h7-12,14-16,18,23,30H,5-6,13,17H2,1-4H3,(H,31,33)/t23-/m0/s1. The van der Waals surface area contributed by atoms with Crippen molar-refractivity contribution in [1.82, 2.24) is 15.1 Å². The Balaban J connectivity index is 1.66. The van der Waals surface area contributed by atoms with E-state index in [0.29, 0.717) is 10.6 Å². The normalized spacial score (nSPS) is 19.6. The molecule has 0 bridgehead atoms. The van der Waals surface area contributed by atoms with Crippen LogP contribution in [0.1, 0.15) is 75.3 Å². The molecule has 1 aliphatic carbocycles. The smallest absolute Gasteiger partial charge is 0.257 e. The molecule has 2 N–H and O–H groups in total. The Hall–Kier alpha value is -2.79. The van der Waals surface area contributed by atoms with Gasteiger partial charge in [-0.1, -0.05) is 67.9 Å². The Morgan fingerprint density at radius 2 is 1.97 bits per heavy atom. The number of fused-ring (bicyclic) bond motifs is 1. The van der Waals surface area contributed by atoms with Gasteiger partial charge in [0.1, 0.15) is 11.4 Å². The summed E-state index contributed by atoms with van der Waals surface area (Å²) in [5, 5.41) is 12.3. The number of hydrogen-bond donors (Lipinski definition) is 2. The number of hydrogen-bond acceptors (Lipinski definition) is 3. The number of nitrogens with one attached hydrogen (secondary N) is 2. The number of amides is 1. The van der Waals surface area contributed by atoms with Crippen molar-refractivity contribution in [2.24, 2.45) is 0 Å². The maximum atomic E-state index is 13.7. The van der Waals surface area contributed by atoms with Crippen LogP contribution in [-0.4, -0.2) is 21.2 Å². The van der Waals surface area contributed by atoms with Crippen molar-refractivity contribution >= 4 is 23.3 Å². The van der Waals surface area contributed by atoms with Gasteiger partial charge in [-0.3, -0.25) is 4.79 Å². The Morgan fingerprint density at radius 1 is 1.24 bits per heavy atom. The monoisotopic (exact) mass is 464 g/mol. The third kappa shape index (κ3) is 4.51. The first-order valence-corrected chi connectivity index (χ1v) is 12.1. The highest BCUT2D eigenvalue weighted by Crippen LogP contribution is 2.40. The fourth-order valence-electron chi connectivity index (χ4n) is 5.00. The van der Waals surface area contributed by atoms with E-state index in [4.69, 9.17) is 11.6 Å². The van der Waals surface area contributed by atoms with Crippen LogP contribution in [0.15, 0.2) is 71.4 Å². The van der Waals surface area contributed by atoms with E-state index in [-0.39, 0.29) is 17.5 Å². The van der Waals surface area contributed by atoms with Crippen LogP contribution in [-0.2, 0) is 5.54 Å². The molecule has 1 amide bonds. The van der Waals surface area contributed by atoms with E-state index in [1.54, 1.807) is 6.20 Å². The minimum atomic E-state index is -0.447. The van der Waals surface area contributed by atoms with E-state index in [1.807, 2.05) is 22.9 Å². The van der Waals surface area contributed by atoms with Gasteiger partial charge in [0.2, 0.25) is 0 Å². The molecule has 0 saturated heterocycles. The van der Waals surface area contributed by atoms with Gasteiger partial charge < -0.3 is 10.6 Å². The van der Waals surface area contributed by atoms with Gasteiger partial charge in [0.15, 0.2) is 0 Å².